The van der Waals surface area contributed by atoms with Gasteiger partial charge in [-0.05, 0) is 18.6 Å². The van der Waals surface area contributed by atoms with E-state index in [0.29, 0.717) is 0 Å². The van der Waals surface area contributed by atoms with E-state index in [4.69, 9.17) is 0 Å². The Kier molecular flexibility index (Phi) is 4.06. The second kappa shape index (κ2) is 5.12. The van der Waals surface area contributed by atoms with Crippen molar-refractivity contribution >= 4 is 15.8 Å². The Morgan fingerprint density at radius 3 is 2.31 bits per heavy atom. The van der Waals surface area contributed by atoms with Crippen LogP contribution in [-0.4, -0.2) is 26.7 Å². The van der Waals surface area contributed by atoms with Gasteiger partial charge >= 0.3 is 5.97 Å². The topological polar surface area (TPSA) is 60.4 Å². The molecule has 0 bridgehead atoms. The van der Waals surface area contributed by atoms with Crippen LogP contribution in [-0.2, 0) is 19.4 Å². The van der Waals surface area contributed by atoms with Crippen LogP contribution >= 0.6 is 0 Å². The standard InChI is InChI=1S/C11H14O4S/c1-3-10(11(12)15-2)16(13,14)9-7-5-4-6-8-9/h4-8,10H,3H2,1-2H3/t10-/m1/s1. The first kappa shape index (κ1) is 12.7. The number of rotatable bonds is 4. The molecule has 1 aromatic carbocycles. The molecular formula is C11H14O4S. The number of carbonyl (C=O) groups excluding carboxylic acids is 1. The third kappa shape index (κ3) is 2.41. The van der Waals surface area contributed by atoms with Crippen molar-refractivity contribution in [3.05, 3.63) is 30.3 Å². The number of sulfone groups is 1. The molecule has 0 saturated heterocycles. The number of esters is 1. The highest BCUT2D eigenvalue weighted by Gasteiger charge is 2.33. The molecule has 0 aliphatic carbocycles. The lowest BCUT2D eigenvalue weighted by molar-refractivity contribution is -0.140. The van der Waals surface area contributed by atoms with Crippen molar-refractivity contribution in [3.8, 4) is 0 Å². The van der Waals surface area contributed by atoms with Gasteiger partial charge in [0.05, 0.1) is 12.0 Å². The summed E-state index contributed by atoms with van der Waals surface area (Å²) in [4.78, 5) is 11.5. The molecule has 0 amide bonds. The largest absolute Gasteiger partial charge is 0.468 e. The summed E-state index contributed by atoms with van der Waals surface area (Å²) >= 11 is 0. The summed E-state index contributed by atoms with van der Waals surface area (Å²) in [5.41, 5.74) is 0. The van der Waals surface area contributed by atoms with E-state index in [1.54, 1.807) is 25.1 Å². The van der Waals surface area contributed by atoms with Gasteiger partial charge < -0.3 is 4.74 Å². The zero-order chi connectivity index (χ0) is 12.2. The quantitative estimate of drug-likeness (QED) is 0.749. The Morgan fingerprint density at radius 1 is 1.31 bits per heavy atom. The third-order valence-corrected chi connectivity index (χ3v) is 4.49. The van der Waals surface area contributed by atoms with Crippen molar-refractivity contribution in [2.45, 2.75) is 23.5 Å². The molecule has 0 saturated carbocycles. The van der Waals surface area contributed by atoms with Gasteiger partial charge in [-0.25, -0.2) is 8.42 Å². The number of ether oxygens (including phenoxy) is 1. The van der Waals surface area contributed by atoms with Gasteiger partial charge in [-0.1, -0.05) is 25.1 Å². The number of benzene rings is 1. The molecule has 0 aliphatic rings. The summed E-state index contributed by atoms with van der Waals surface area (Å²) in [5.74, 6) is -0.716. The molecule has 0 unspecified atom stereocenters. The lowest BCUT2D eigenvalue weighted by Gasteiger charge is -2.13. The zero-order valence-electron chi connectivity index (χ0n) is 9.21. The maximum Gasteiger partial charge on any atom is 0.324 e. The van der Waals surface area contributed by atoms with Crippen molar-refractivity contribution in [2.24, 2.45) is 0 Å². The van der Waals surface area contributed by atoms with E-state index in [2.05, 4.69) is 4.74 Å². The molecule has 0 fully saturated rings. The summed E-state index contributed by atoms with van der Waals surface area (Å²) in [7, 11) is -2.45. The molecule has 1 rings (SSSR count). The van der Waals surface area contributed by atoms with Gasteiger partial charge in [-0.3, -0.25) is 4.79 Å². The first-order valence-corrected chi connectivity index (χ1v) is 6.45. The van der Waals surface area contributed by atoms with Crippen LogP contribution in [0.5, 0.6) is 0 Å². The molecule has 1 atom stereocenters. The van der Waals surface area contributed by atoms with Gasteiger partial charge in [0.1, 0.15) is 0 Å². The van der Waals surface area contributed by atoms with Crippen LogP contribution in [0.1, 0.15) is 13.3 Å². The molecule has 0 radical (unpaired) electrons. The number of hydrogen-bond donors (Lipinski definition) is 0. The van der Waals surface area contributed by atoms with Crippen molar-refractivity contribution < 1.29 is 17.9 Å². The number of methoxy groups -OCH3 is 1. The van der Waals surface area contributed by atoms with Crippen LogP contribution in [0.4, 0.5) is 0 Å². The summed E-state index contributed by atoms with van der Waals surface area (Å²) in [6.45, 7) is 1.64. The van der Waals surface area contributed by atoms with E-state index in [1.165, 1.54) is 19.2 Å². The maximum absolute atomic E-state index is 12.1. The SMILES string of the molecule is CC[C@H](C(=O)OC)S(=O)(=O)c1ccccc1. The minimum Gasteiger partial charge on any atom is -0.468 e. The molecule has 88 valence electrons. The highest BCUT2D eigenvalue weighted by molar-refractivity contribution is 7.92. The first-order chi connectivity index (χ1) is 7.54. The minimum absolute atomic E-state index is 0.146. The zero-order valence-corrected chi connectivity index (χ0v) is 10.0. The fraction of sp³-hybridized carbons (Fsp3) is 0.364. The van der Waals surface area contributed by atoms with Gasteiger partial charge in [-0.15, -0.1) is 0 Å². The van der Waals surface area contributed by atoms with E-state index in [1.807, 2.05) is 0 Å². The minimum atomic E-state index is -3.64. The molecule has 0 heterocycles. The Labute approximate surface area is 95.2 Å². The van der Waals surface area contributed by atoms with Crippen LogP contribution < -0.4 is 0 Å². The molecule has 4 nitrogen and oxygen atoms in total. The first-order valence-electron chi connectivity index (χ1n) is 4.90. The van der Waals surface area contributed by atoms with Crippen LogP contribution in [0.2, 0.25) is 0 Å². The summed E-state index contributed by atoms with van der Waals surface area (Å²) in [5, 5.41) is -1.13. The molecule has 5 heteroatoms. The second-order valence-corrected chi connectivity index (χ2v) is 5.41. The van der Waals surface area contributed by atoms with Crippen molar-refractivity contribution in [2.75, 3.05) is 7.11 Å². The Bertz CT molecular complexity index is 450. The smallest absolute Gasteiger partial charge is 0.324 e. The lowest BCUT2D eigenvalue weighted by Crippen LogP contribution is -2.30. The molecule has 0 spiro atoms. The second-order valence-electron chi connectivity index (χ2n) is 3.28. The van der Waals surface area contributed by atoms with Gasteiger partial charge in [0, 0.05) is 0 Å². The summed E-state index contributed by atoms with van der Waals surface area (Å²) in [6, 6.07) is 7.91. The lowest BCUT2D eigenvalue weighted by atomic mass is 10.3. The normalized spacial score (nSPS) is 13.1. The average Bonchev–Trinajstić information content (AvgIpc) is 2.30. The van der Waals surface area contributed by atoms with Crippen LogP contribution in [0.3, 0.4) is 0 Å². The van der Waals surface area contributed by atoms with E-state index in [9.17, 15) is 13.2 Å². The van der Waals surface area contributed by atoms with E-state index in [-0.39, 0.29) is 11.3 Å². The van der Waals surface area contributed by atoms with Gasteiger partial charge in [-0.2, -0.15) is 0 Å². The predicted molar refractivity (Wildman–Crippen MR) is 59.7 cm³/mol. The van der Waals surface area contributed by atoms with Crippen LogP contribution in [0.15, 0.2) is 35.2 Å². The molecule has 16 heavy (non-hydrogen) atoms. The molecular weight excluding hydrogens is 228 g/mol. The Hall–Kier alpha value is -1.36. The van der Waals surface area contributed by atoms with Crippen LogP contribution in [0.25, 0.3) is 0 Å². The van der Waals surface area contributed by atoms with E-state index in [0.717, 1.165) is 0 Å². The van der Waals surface area contributed by atoms with Crippen molar-refractivity contribution in [1.29, 1.82) is 0 Å². The van der Waals surface area contributed by atoms with Crippen molar-refractivity contribution in [1.82, 2.24) is 0 Å². The number of carbonyl (C=O) groups is 1. The van der Waals surface area contributed by atoms with Gasteiger partial charge in [0.15, 0.2) is 15.1 Å². The third-order valence-electron chi connectivity index (χ3n) is 2.28. The maximum atomic E-state index is 12.1. The van der Waals surface area contributed by atoms with Gasteiger partial charge in [0.25, 0.3) is 0 Å². The molecule has 1 aromatic rings. The number of hydrogen-bond acceptors (Lipinski definition) is 4. The summed E-state index contributed by atoms with van der Waals surface area (Å²) < 4.78 is 28.6. The Balaban J connectivity index is 3.15. The highest BCUT2D eigenvalue weighted by Crippen LogP contribution is 2.18. The summed E-state index contributed by atoms with van der Waals surface area (Å²) in [6.07, 6.45) is 0.198. The average molecular weight is 242 g/mol. The van der Waals surface area contributed by atoms with Crippen molar-refractivity contribution in [3.63, 3.8) is 0 Å². The highest BCUT2D eigenvalue weighted by atomic mass is 32.2. The van der Waals surface area contributed by atoms with E-state index < -0.39 is 21.1 Å². The monoisotopic (exact) mass is 242 g/mol. The molecule has 0 N–H and O–H groups in total. The predicted octanol–water partition coefficient (Wildman–Crippen LogP) is 1.41. The van der Waals surface area contributed by atoms with Gasteiger partial charge in [0.2, 0.25) is 0 Å². The van der Waals surface area contributed by atoms with E-state index >= 15 is 0 Å². The Morgan fingerprint density at radius 2 is 1.88 bits per heavy atom. The fourth-order valence-corrected chi connectivity index (χ4v) is 3.07. The molecule has 0 aromatic heterocycles. The van der Waals surface area contributed by atoms with Crippen LogP contribution in [0, 0.1) is 0 Å². The molecule has 0 aliphatic heterocycles. The fourth-order valence-electron chi connectivity index (χ4n) is 1.42.